The van der Waals surface area contributed by atoms with Gasteiger partial charge in [0.2, 0.25) is 0 Å². The van der Waals surface area contributed by atoms with E-state index in [1.54, 1.807) is 19.1 Å². The van der Waals surface area contributed by atoms with Gasteiger partial charge in [0.05, 0.1) is 13.0 Å². The summed E-state index contributed by atoms with van der Waals surface area (Å²) >= 11 is 0. The van der Waals surface area contributed by atoms with Crippen molar-refractivity contribution in [1.82, 2.24) is 4.98 Å². The maximum Gasteiger partial charge on any atom is 0.356 e. The second-order valence-corrected chi connectivity index (χ2v) is 3.88. The summed E-state index contributed by atoms with van der Waals surface area (Å²) < 4.78 is 4.56. The fourth-order valence-electron chi connectivity index (χ4n) is 1.31. The van der Waals surface area contributed by atoms with E-state index in [-0.39, 0.29) is 5.69 Å². The molecule has 0 aliphatic carbocycles. The summed E-state index contributed by atoms with van der Waals surface area (Å²) in [5, 5.41) is 11.8. The van der Waals surface area contributed by atoms with Crippen LogP contribution in [0.1, 0.15) is 23.8 Å². The van der Waals surface area contributed by atoms with Crippen molar-refractivity contribution in [3.63, 3.8) is 0 Å². The molecule has 0 bridgehead atoms. The van der Waals surface area contributed by atoms with Crippen LogP contribution in [-0.2, 0) is 9.53 Å². The lowest BCUT2D eigenvalue weighted by Gasteiger charge is -2.09. The molecule has 0 aliphatic heterocycles. The van der Waals surface area contributed by atoms with Crippen LogP contribution in [0.5, 0.6) is 0 Å². The summed E-state index contributed by atoms with van der Waals surface area (Å²) in [6, 6.07) is 3.27. The van der Waals surface area contributed by atoms with Crippen LogP contribution in [0.15, 0.2) is 18.3 Å². The molecule has 98 valence electrons. The first kappa shape index (κ1) is 14.0. The van der Waals surface area contributed by atoms with Crippen LogP contribution in [0.2, 0.25) is 0 Å². The molecular weight excluding hydrogens is 236 g/mol. The summed E-state index contributed by atoms with van der Waals surface area (Å²) in [7, 11) is 1.29. The average Bonchev–Trinajstić information content (AvgIpc) is 2.37. The topological polar surface area (TPSA) is 88.5 Å². The van der Waals surface area contributed by atoms with Crippen molar-refractivity contribution in [2.75, 3.05) is 19.0 Å². The monoisotopic (exact) mass is 252 g/mol. The SMILES string of the molecule is COC(=O)c1cc(NCCC(C)C(=O)O)ccn1. The predicted octanol–water partition coefficient (Wildman–Crippen LogP) is 1.39. The van der Waals surface area contributed by atoms with Crippen molar-refractivity contribution in [2.24, 2.45) is 5.92 Å². The number of ether oxygens (including phenoxy) is 1. The van der Waals surface area contributed by atoms with Crippen molar-refractivity contribution in [3.05, 3.63) is 24.0 Å². The summed E-state index contributed by atoms with van der Waals surface area (Å²) in [6.45, 7) is 2.16. The molecule has 0 aromatic carbocycles. The summed E-state index contributed by atoms with van der Waals surface area (Å²) in [5.74, 6) is -1.72. The van der Waals surface area contributed by atoms with Gasteiger partial charge >= 0.3 is 11.9 Å². The number of esters is 1. The molecule has 1 atom stereocenters. The number of pyridine rings is 1. The Morgan fingerprint density at radius 2 is 2.28 bits per heavy atom. The van der Waals surface area contributed by atoms with Crippen LogP contribution in [0.25, 0.3) is 0 Å². The highest BCUT2D eigenvalue weighted by atomic mass is 16.5. The lowest BCUT2D eigenvalue weighted by atomic mass is 10.1. The predicted molar refractivity (Wildman–Crippen MR) is 65.5 cm³/mol. The third kappa shape index (κ3) is 4.04. The molecule has 1 heterocycles. The molecule has 6 heteroatoms. The summed E-state index contributed by atoms with van der Waals surface area (Å²) in [5.41, 5.74) is 0.928. The largest absolute Gasteiger partial charge is 0.481 e. The number of carbonyl (C=O) groups is 2. The third-order valence-electron chi connectivity index (χ3n) is 2.48. The Balaban J connectivity index is 2.53. The Labute approximate surface area is 105 Å². The zero-order chi connectivity index (χ0) is 13.5. The number of methoxy groups -OCH3 is 1. The molecule has 0 saturated heterocycles. The Morgan fingerprint density at radius 1 is 1.56 bits per heavy atom. The van der Waals surface area contributed by atoms with E-state index < -0.39 is 17.9 Å². The van der Waals surface area contributed by atoms with E-state index in [0.717, 1.165) is 0 Å². The molecule has 2 N–H and O–H groups in total. The van der Waals surface area contributed by atoms with E-state index in [1.807, 2.05) is 0 Å². The van der Waals surface area contributed by atoms with Crippen LogP contribution < -0.4 is 5.32 Å². The fourth-order valence-corrected chi connectivity index (χ4v) is 1.31. The number of aliphatic carboxylic acids is 1. The second kappa shape index (κ2) is 6.58. The van der Waals surface area contributed by atoms with Crippen molar-refractivity contribution >= 4 is 17.6 Å². The maximum atomic E-state index is 11.2. The van der Waals surface area contributed by atoms with Crippen LogP contribution in [0.3, 0.4) is 0 Å². The van der Waals surface area contributed by atoms with E-state index in [1.165, 1.54) is 13.3 Å². The van der Waals surface area contributed by atoms with Crippen LogP contribution in [-0.4, -0.2) is 35.7 Å². The smallest absolute Gasteiger partial charge is 0.356 e. The molecule has 18 heavy (non-hydrogen) atoms. The van der Waals surface area contributed by atoms with Gasteiger partial charge in [-0.25, -0.2) is 9.78 Å². The number of anilines is 1. The zero-order valence-electron chi connectivity index (χ0n) is 10.3. The third-order valence-corrected chi connectivity index (χ3v) is 2.48. The maximum absolute atomic E-state index is 11.2. The second-order valence-electron chi connectivity index (χ2n) is 3.88. The minimum atomic E-state index is -0.818. The molecule has 0 radical (unpaired) electrons. The first-order chi connectivity index (χ1) is 8.54. The number of hydrogen-bond donors (Lipinski definition) is 2. The Morgan fingerprint density at radius 3 is 2.89 bits per heavy atom. The van der Waals surface area contributed by atoms with Gasteiger partial charge in [-0.1, -0.05) is 6.92 Å². The van der Waals surface area contributed by atoms with E-state index in [4.69, 9.17) is 5.11 Å². The van der Waals surface area contributed by atoms with Gasteiger partial charge < -0.3 is 15.2 Å². The molecule has 0 amide bonds. The number of nitrogens with one attached hydrogen (secondary N) is 1. The first-order valence-electron chi connectivity index (χ1n) is 5.55. The van der Waals surface area contributed by atoms with Gasteiger partial charge in [-0.15, -0.1) is 0 Å². The van der Waals surface area contributed by atoms with Gasteiger partial charge in [-0.05, 0) is 18.6 Å². The Hall–Kier alpha value is -2.11. The van der Waals surface area contributed by atoms with E-state index >= 15 is 0 Å². The molecule has 0 fully saturated rings. The normalized spacial score (nSPS) is 11.7. The van der Waals surface area contributed by atoms with Gasteiger partial charge in [0.25, 0.3) is 0 Å². The minimum absolute atomic E-state index is 0.216. The lowest BCUT2D eigenvalue weighted by molar-refractivity contribution is -0.141. The standard InChI is InChI=1S/C12H16N2O4/c1-8(11(15)16)3-5-13-9-4-6-14-10(7-9)12(17)18-2/h4,6-8H,3,5H2,1-2H3,(H,13,14)(H,15,16). The Bertz CT molecular complexity index is 434. The molecule has 0 saturated carbocycles. The van der Waals surface area contributed by atoms with Crippen LogP contribution in [0, 0.1) is 5.92 Å². The molecule has 1 aromatic rings. The van der Waals surface area contributed by atoms with Gasteiger partial charge in [-0.2, -0.15) is 0 Å². The van der Waals surface area contributed by atoms with E-state index in [0.29, 0.717) is 18.7 Å². The number of carboxylic acid groups (broad SMARTS) is 1. The van der Waals surface area contributed by atoms with Crippen LogP contribution in [0.4, 0.5) is 5.69 Å². The molecule has 1 rings (SSSR count). The fraction of sp³-hybridized carbons (Fsp3) is 0.417. The highest BCUT2D eigenvalue weighted by Gasteiger charge is 2.10. The number of rotatable bonds is 6. The molecule has 6 nitrogen and oxygen atoms in total. The van der Waals surface area contributed by atoms with Crippen molar-refractivity contribution in [3.8, 4) is 0 Å². The Kier molecular flexibility index (Phi) is 5.10. The van der Waals surface area contributed by atoms with Gasteiger partial charge in [0, 0.05) is 18.4 Å². The van der Waals surface area contributed by atoms with Crippen molar-refractivity contribution in [2.45, 2.75) is 13.3 Å². The number of aromatic nitrogens is 1. The average molecular weight is 252 g/mol. The zero-order valence-corrected chi connectivity index (χ0v) is 10.3. The highest BCUT2D eigenvalue weighted by molar-refractivity contribution is 5.88. The molecule has 1 unspecified atom stereocenters. The van der Waals surface area contributed by atoms with Gasteiger partial charge in [0.15, 0.2) is 0 Å². The number of hydrogen-bond acceptors (Lipinski definition) is 5. The van der Waals surface area contributed by atoms with Crippen molar-refractivity contribution in [1.29, 1.82) is 0 Å². The summed E-state index contributed by atoms with van der Waals surface area (Å²) in [6.07, 6.45) is 2.00. The van der Waals surface area contributed by atoms with Crippen LogP contribution >= 0.6 is 0 Å². The summed E-state index contributed by atoms with van der Waals surface area (Å²) in [4.78, 5) is 25.7. The number of nitrogens with zero attached hydrogens (tertiary/aromatic N) is 1. The molecule has 0 spiro atoms. The molecule has 0 aliphatic rings. The van der Waals surface area contributed by atoms with E-state index in [9.17, 15) is 9.59 Å². The van der Waals surface area contributed by atoms with Gasteiger partial charge in [-0.3, -0.25) is 4.79 Å². The van der Waals surface area contributed by atoms with Crippen molar-refractivity contribution < 1.29 is 19.4 Å². The highest BCUT2D eigenvalue weighted by Crippen LogP contribution is 2.10. The minimum Gasteiger partial charge on any atom is -0.481 e. The molecule has 1 aromatic heterocycles. The number of carbonyl (C=O) groups excluding carboxylic acids is 1. The quantitative estimate of drug-likeness (QED) is 0.744. The lowest BCUT2D eigenvalue weighted by Crippen LogP contribution is -2.14. The first-order valence-corrected chi connectivity index (χ1v) is 5.55. The van der Waals surface area contributed by atoms with Gasteiger partial charge in [0.1, 0.15) is 5.69 Å². The van der Waals surface area contributed by atoms with E-state index in [2.05, 4.69) is 15.0 Å². The number of carboxylic acids is 1. The molecular formula is C12H16N2O4.